The Bertz CT molecular complexity index is 1100. The minimum absolute atomic E-state index is 0.0963. The van der Waals surface area contributed by atoms with E-state index in [2.05, 4.69) is 5.32 Å². The number of carbonyl (C=O) groups excluding carboxylic acids is 2. The number of aromatic hydroxyl groups is 1. The van der Waals surface area contributed by atoms with E-state index < -0.39 is 46.4 Å². The van der Waals surface area contributed by atoms with Gasteiger partial charge in [-0.3, -0.25) is 14.4 Å². The fourth-order valence-electron chi connectivity index (χ4n) is 3.78. The molecule has 2 amide bonds. The van der Waals surface area contributed by atoms with Gasteiger partial charge in [-0.25, -0.2) is 8.78 Å². The molecule has 1 aromatic carbocycles. The van der Waals surface area contributed by atoms with Crippen LogP contribution >= 0.6 is 0 Å². The molecule has 3 heterocycles. The highest BCUT2D eigenvalue weighted by Gasteiger charge is 2.41. The van der Waals surface area contributed by atoms with Crippen molar-refractivity contribution in [1.29, 1.82) is 0 Å². The van der Waals surface area contributed by atoms with Gasteiger partial charge in [-0.1, -0.05) is 12.1 Å². The summed E-state index contributed by atoms with van der Waals surface area (Å²) in [6, 6.07) is 3.42. The van der Waals surface area contributed by atoms with Crippen LogP contribution in [0.3, 0.4) is 0 Å². The van der Waals surface area contributed by atoms with Crippen LogP contribution in [0.2, 0.25) is 0 Å². The van der Waals surface area contributed by atoms with Crippen LogP contribution in [-0.2, 0) is 17.8 Å². The number of carbonyl (C=O) groups is 2. The van der Waals surface area contributed by atoms with Crippen molar-refractivity contribution in [2.45, 2.75) is 38.7 Å². The molecular weight excluding hydrogens is 400 g/mol. The summed E-state index contributed by atoms with van der Waals surface area (Å²) in [6.07, 6.45) is 1.23. The highest BCUT2D eigenvalue weighted by molar-refractivity contribution is 5.99. The number of nitrogens with zero attached hydrogens (tertiary/aromatic N) is 2. The average molecular weight is 419 g/mol. The third kappa shape index (κ3) is 3.22. The second-order valence-electron chi connectivity index (χ2n) is 7.29. The first kappa shape index (κ1) is 20.0. The molecule has 0 bridgehead atoms. The third-order valence-electron chi connectivity index (χ3n) is 5.39. The molecule has 2 N–H and O–H groups in total. The molecule has 1 aromatic heterocycles. The normalized spacial score (nSPS) is 20.5. The molecule has 4 rings (SSSR count). The number of pyridine rings is 1. The first-order valence-corrected chi connectivity index (χ1v) is 9.41. The Labute approximate surface area is 169 Å². The Morgan fingerprint density at radius 3 is 2.87 bits per heavy atom. The van der Waals surface area contributed by atoms with E-state index in [0.717, 1.165) is 6.07 Å². The van der Waals surface area contributed by atoms with Gasteiger partial charge in [0.2, 0.25) is 5.43 Å². The topological polar surface area (TPSA) is 101 Å². The second-order valence-corrected chi connectivity index (χ2v) is 7.29. The van der Waals surface area contributed by atoms with E-state index in [0.29, 0.717) is 13.0 Å². The lowest BCUT2D eigenvalue weighted by Gasteiger charge is -2.44. The second kappa shape index (κ2) is 7.52. The molecule has 0 radical (unpaired) electrons. The Kier molecular flexibility index (Phi) is 5.02. The van der Waals surface area contributed by atoms with Gasteiger partial charge >= 0.3 is 0 Å². The standard InChI is InChI=1S/C20H19F2N3O5/c1-10-5-6-30-14-9-24-8-12(17(26)18(27)16(24)20(29)25(10)14)19(28)23-7-11-3-2-4-13(21)15(11)22/h2-4,8,10,14,27H,5-7,9H2,1H3,(H,23,28). The Balaban J connectivity index is 1.64. The minimum atomic E-state index is -1.10. The number of fused-ring (bicyclic) bond motifs is 2. The number of benzene rings is 1. The number of hydrogen-bond donors (Lipinski definition) is 2. The van der Waals surface area contributed by atoms with Gasteiger partial charge < -0.3 is 24.6 Å². The molecule has 2 aliphatic heterocycles. The Morgan fingerprint density at radius 1 is 1.33 bits per heavy atom. The largest absolute Gasteiger partial charge is 0.503 e. The van der Waals surface area contributed by atoms with Gasteiger partial charge in [-0.2, -0.15) is 0 Å². The third-order valence-corrected chi connectivity index (χ3v) is 5.39. The quantitative estimate of drug-likeness (QED) is 0.782. The summed E-state index contributed by atoms with van der Waals surface area (Å²) in [5.74, 6) is -4.43. The molecule has 2 aromatic rings. The average Bonchev–Trinajstić information content (AvgIpc) is 2.71. The van der Waals surface area contributed by atoms with Gasteiger partial charge in [0.15, 0.2) is 29.3 Å². The van der Waals surface area contributed by atoms with E-state index in [1.807, 2.05) is 6.92 Å². The van der Waals surface area contributed by atoms with Crippen LogP contribution in [0.25, 0.3) is 0 Å². The van der Waals surface area contributed by atoms with Gasteiger partial charge in [0.05, 0.1) is 13.2 Å². The van der Waals surface area contributed by atoms with Crippen molar-refractivity contribution in [3.05, 3.63) is 63.1 Å². The summed E-state index contributed by atoms with van der Waals surface area (Å²) in [4.78, 5) is 39.4. The number of rotatable bonds is 3. The van der Waals surface area contributed by atoms with Crippen LogP contribution in [-0.4, -0.2) is 45.3 Å². The monoisotopic (exact) mass is 419 g/mol. The zero-order valence-electron chi connectivity index (χ0n) is 16.0. The first-order chi connectivity index (χ1) is 14.3. The fraction of sp³-hybridized carbons (Fsp3) is 0.350. The number of ether oxygens (including phenoxy) is 1. The number of aromatic nitrogens is 1. The fourth-order valence-corrected chi connectivity index (χ4v) is 3.78. The van der Waals surface area contributed by atoms with Crippen molar-refractivity contribution < 1.29 is 28.2 Å². The molecule has 158 valence electrons. The molecule has 0 spiro atoms. The molecule has 2 unspecified atom stereocenters. The van der Waals surface area contributed by atoms with Gasteiger partial charge in [0, 0.05) is 24.3 Å². The summed E-state index contributed by atoms with van der Waals surface area (Å²) in [7, 11) is 0. The smallest absolute Gasteiger partial charge is 0.276 e. The molecule has 1 fully saturated rings. The first-order valence-electron chi connectivity index (χ1n) is 9.41. The molecule has 2 aliphatic rings. The Morgan fingerprint density at radius 2 is 2.10 bits per heavy atom. The summed E-state index contributed by atoms with van der Waals surface area (Å²) < 4.78 is 34.0. The maximum Gasteiger partial charge on any atom is 0.276 e. The summed E-state index contributed by atoms with van der Waals surface area (Å²) >= 11 is 0. The van der Waals surface area contributed by atoms with Crippen molar-refractivity contribution in [3.63, 3.8) is 0 Å². The van der Waals surface area contributed by atoms with E-state index in [1.54, 1.807) is 0 Å². The van der Waals surface area contributed by atoms with Crippen molar-refractivity contribution in [2.24, 2.45) is 0 Å². The molecule has 8 nitrogen and oxygen atoms in total. The molecule has 0 aliphatic carbocycles. The van der Waals surface area contributed by atoms with Crippen LogP contribution in [0.4, 0.5) is 8.78 Å². The van der Waals surface area contributed by atoms with Crippen molar-refractivity contribution >= 4 is 11.8 Å². The summed E-state index contributed by atoms with van der Waals surface area (Å²) in [5.41, 5.74) is -1.74. The predicted molar refractivity (Wildman–Crippen MR) is 99.9 cm³/mol. The number of halogens is 2. The maximum absolute atomic E-state index is 13.8. The maximum atomic E-state index is 13.8. The van der Waals surface area contributed by atoms with Gasteiger partial charge in [-0.05, 0) is 19.4 Å². The summed E-state index contributed by atoms with van der Waals surface area (Å²) in [5, 5.41) is 12.7. The van der Waals surface area contributed by atoms with Gasteiger partial charge in [0.25, 0.3) is 11.8 Å². The highest BCUT2D eigenvalue weighted by atomic mass is 19.2. The van der Waals surface area contributed by atoms with E-state index in [4.69, 9.17) is 4.74 Å². The van der Waals surface area contributed by atoms with Crippen molar-refractivity contribution in [2.75, 3.05) is 6.61 Å². The Hall–Kier alpha value is -3.27. The predicted octanol–water partition coefficient (Wildman–Crippen LogP) is 1.35. The van der Waals surface area contributed by atoms with E-state index in [-0.39, 0.29) is 30.4 Å². The van der Waals surface area contributed by atoms with Crippen molar-refractivity contribution in [3.8, 4) is 5.75 Å². The zero-order chi connectivity index (χ0) is 21.6. The van der Waals surface area contributed by atoms with Crippen LogP contribution < -0.4 is 10.7 Å². The highest BCUT2D eigenvalue weighted by Crippen LogP contribution is 2.29. The lowest BCUT2D eigenvalue weighted by molar-refractivity contribution is -0.112. The van der Waals surface area contributed by atoms with E-state index in [1.165, 1.54) is 27.8 Å². The molecule has 1 saturated heterocycles. The molecule has 30 heavy (non-hydrogen) atoms. The van der Waals surface area contributed by atoms with Crippen LogP contribution in [0.15, 0.2) is 29.2 Å². The van der Waals surface area contributed by atoms with Crippen LogP contribution in [0.5, 0.6) is 5.75 Å². The molecule has 0 saturated carbocycles. The van der Waals surface area contributed by atoms with Crippen LogP contribution in [0, 0.1) is 11.6 Å². The van der Waals surface area contributed by atoms with E-state index in [9.17, 15) is 28.3 Å². The number of hydrogen-bond acceptors (Lipinski definition) is 5. The van der Waals surface area contributed by atoms with Gasteiger partial charge in [0.1, 0.15) is 5.56 Å². The molecular formula is C20H19F2N3O5. The van der Waals surface area contributed by atoms with Crippen LogP contribution in [0.1, 0.15) is 39.8 Å². The summed E-state index contributed by atoms with van der Waals surface area (Å²) in [6.45, 7) is 2.09. The minimum Gasteiger partial charge on any atom is -0.503 e. The van der Waals surface area contributed by atoms with E-state index >= 15 is 0 Å². The lowest BCUT2D eigenvalue weighted by Crippen LogP contribution is -2.57. The number of nitrogens with one attached hydrogen (secondary N) is 1. The number of amides is 2. The molecule has 2 atom stereocenters. The zero-order valence-corrected chi connectivity index (χ0v) is 16.0. The SMILES string of the molecule is CC1CCOC2Cn3cc(C(=O)NCc4cccc(F)c4F)c(=O)c(O)c3C(=O)N12. The molecule has 10 heteroatoms. The van der Waals surface area contributed by atoms with Gasteiger partial charge in [-0.15, -0.1) is 0 Å². The van der Waals surface area contributed by atoms with Crippen molar-refractivity contribution in [1.82, 2.24) is 14.8 Å². The lowest BCUT2D eigenvalue weighted by atomic mass is 10.1.